The van der Waals surface area contributed by atoms with Gasteiger partial charge in [0.25, 0.3) is 5.91 Å². The maximum atomic E-state index is 13.7. The van der Waals surface area contributed by atoms with Gasteiger partial charge in [-0.05, 0) is 50.8 Å². The molecule has 0 radical (unpaired) electrons. The summed E-state index contributed by atoms with van der Waals surface area (Å²) in [6, 6.07) is 17.4. The molecule has 40 heavy (non-hydrogen) atoms. The van der Waals surface area contributed by atoms with E-state index in [4.69, 9.17) is 18.9 Å². The Hall–Kier alpha value is -3.20. The monoisotopic (exact) mass is 550 g/mol. The molecule has 8 heteroatoms. The van der Waals surface area contributed by atoms with E-state index < -0.39 is 29.9 Å². The first-order valence-corrected chi connectivity index (χ1v) is 14.0. The molecular formula is C32H42N2O6. The molecule has 0 aromatic heterocycles. The second-order valence-corrected chi connectivity index (χ2v) is 11.5. The van der Waals surface area contributed by atoms with E-state index in [-0.39, 0.29) is 31.1 Å². The molecule has 2 aromatic carbocycles. The van der Waals surface area contributed by atoms with Crippen molar-refractivity contribution < 1.29 is 28.5 Å². The van der Waals surface area contributed by atoms with E-state index in [1.807, 2.05) is 81.1 Å². The van der Waals surface area contributed by atoms with Crippen molar-refractivity contribution in [3.8, 4) is 0 Å². The fraction of sp³-hybridized carbons (Fsp3) is 0.500. The Morgan fingerprint density at radius 1 is 1.15 bits per heavy atom. The van der Waals surface area contributed by atoms with Gasteiger partial charge in [0, 0.05) is 13.0 Å². The predicted molar refractivity (Wildman–Crippen MR) is 153 cm³/mol. The average Bonchev–Trinajstić information content (AvgIpc) is 2.92. The minimum absolute atomic E-state index is 0.118. The Bertz CT molecular complexity index is 1150. The summed E-state index contributed by atoms with van der Waals surface area (Å²) < 4.78 is 23.7. The molecule has 2 aliphatic heterocycles. The van der Waals surface area contributed by atoms with Crippen molar-refractivity contribution in [1.29, 1.82) is 0 Å². The fourth-order valence-electron chi connectivity index (χ4n) is 5.23. The summed E-state index contributed by atoms with van der Waals surface area (Å²) in [6.45, 7) is 12.9. The van der Waals surface area contributed by atoms with Gasteiger partial charge in [-0.2, -0.15) is 0 Å². The summed E-state index contributed by atoms with van der Waals surface area (Å²) in [5, 5.41) is 2.94. The minimum Gasteiger partial charge on any atom is -0.444 e. The van der Waals surface area contributed by atoms with E-state index >= 15 is 0 Å². The highest BCUT2D eigenvalue weighted by Gasteiger charge is 2.41. The third-order valence-electron chi connectivity index (χ3n) is 7.07. The van der Waals surface area contributed by atoms with Crippen LogP contribution >= 0.6 is 0 Å². The van der Waals surface area contributed by atoms with Gasteiger partial charge < -0.3 is 29.2 Å². The third kappa shape index (κ3) is 7.93. The number of nitrogens with one attached hydrogen (secondary N) is 1. The Morgan fingerprint density at radius 2 is 1.88 bits per heavy atom. The first-order chi connectivity index (χ1) is 19.1. The number of ether oxygens (including phenoxy) is 4. The molecule has 2 aromatic rings. The summed E-state index contributed by atoms with van der Waals surface area (Å²) in [5.41, 5.74) is 2.74. The normalized spacial score (nSPS) is 23.6. The zero-order valence-electron chi connectivity index (χ0n) is 24.0. The molecule has 2 heterocycles. The van der Waals surface area contributed by atoms with Crippen molar-refractivity contribution in [3.05, 3.63) is 83.9 Å². The lowest BCUT2D eigenvalue weighted by Gasteiger charge is -2.41. The van der Waals surface area contributed by atoms with Gasteiger partial charge in [-0.15, -0.1) is 6.58 Å². The zero-order chi connectivity index (χ0) is 28.7. The molecule has 0 saturated carbocycles. The van der Waals surface area contributed by atoms with Crippen molar-refractivity contribution in [2.45, 2.75) is 83.1 Å². The van der Waals surface area contributed by atoms with Crippen LogP contribution in [0.5, 0.6) is 0 Å². The van der Waals surface area contributed by atoms with Crippen molar-refractivity contribution in [2.24, 2.45) is 0 Å². The van der Waals surface area contributed by atoms with Crippen LogP contribution in [0.4, 0.5) is 4.79 Å². The summed E-state index contributed by atoms with van der Waals surface area (Å²) in [5.74, 6) is -0.118. The van der Waals surface area contributed by atoms with Crippen LogP contribution in [0.2, 0.25) is 0 Å². The second kappa shape index (κ2) is 13.4. The Kier molecular flexibility index (Phi) is 10.0. The average molecular weight is 551 g/mol. The van der Waals surface area contributed by atoms with Crippen molar-refractivity contribution in [2.75, 3.05) is 19.8 Å². The summed E-state index contributed by atoms with van der Waals surface area (Å²) >= 11 is 0. The third-order valence-corrected chi connectivity index (χ3v) is 7.07. The summed E-state index contributed by atoms with van der Waals surface area (Å²) in [4.78, 5) is 28.3. The van der Waals surface area contributed by atoms with Crippen LogP contribution in [0.25, 0.3) is 0 Å². The Morgan fingerprint density at radius 3 is 2.60 bits per heavy atom. The lowest BCUT2D eigenvalue weighted by Crippen LogP contribution is -2.57. The number of hydrogen-bond acceptors (Lipinski definition) is 6. The molecular weight excluding hydrogens is 508 g/mol. The lowest BCUT2D eigenvalue weighted by atomic mass is 9.91. The van der Waals surface area contributed by atoms with Gasteiger partial charge in [0.05, 0.1) is 38.0 Å². The lowest BCUT2D eigenvalue weighted by molar-refractivity contribution is -0.165. The van der Waals surface area contributed by atoms with Crippen LogP contribution < -0.4 is 5.32 Å². The molecule has 0 bridgehead atoms. The van der Waals surface area contributed by atoms with E-state index in [0.717, 1.165) is 17.5 Å². The van der Waals surface area contributed by atoms with Gasteiger partial charge in [-0.3, -0.25) is 4.79 Å². The number of hydrogen-bond donors (Lipinski definition) is 1. The molecule has 2 aliphatic rings. The molecule has 5 atom stereocenters. The van der Waals surface area contributed by atoms with Crippen LogP contribution in [0, 0.1) is 0 Å². The Balaban J connectivity index is 1.41. The zero-order valence-corrected chi connectivity index (χ0v) is 24.0. The molecule has 1 saturated heterocycles. The number of fused-ring (bicyclic) bond motifs is 1. The maximum Gasteiger partial charge on any atom is 0.407 e. The molecule has 4 rings (SSSR count). The van der Waals surface area contributed by atoms with E-state index in [9.17, 15) is 9.59 Å². The predicted octanol–water partition coefficient (Wildman–Crippen LogP) is 4.97. The SMILES string of the molecule is C=C[C@H]1c2ccccc2CCN1C(=O)[C@H]1C[C@H](NC(=O)OC(C)(C)C)[C@@H](O[C@@H](C)COCc2ccccc2)CO1. The first-order valence-electron chi connectivity index (χ1n) is 14.0. The molecule has 1 fully saturated rings. The molecule has 2 amide bonds. The highest BCUT2D eigenvalue weighted by atomic mass is 16.6. The number of nitrogens with zero attached hydrogens (tertiary/aromatic N) is 1. The van der Waals surface area contributed by atoms with Crippen molar-refractivity contribution in [3.63, 3.8) is 0 Å². The molecule has 216 valence electrons. The van der Waals surface area contributed by atoms with Crippen LogP contribution in [0.3, 0.4) is 0 Å². The highest BCUT2D eigenvalue weighted by molar-refractivity contribution is 5.82. The van der Waals surface area contributed by atoms with Crippen molar-refractivity contribution >= 4 is 12.0 Å². The molecule has 0 spiro atoms. The van der Waals surface area contributed by atoms with Gasteiger partial charge in [-0.1, -0.05) is 60.7 Å². The standard InChI is InChI=1S/C32H42N2O6/c1-6-27-25-15-11-10-14-24(25)16-17-34(27)30(35)28-18-26(33-31(36)40-32(3,4)5)29(21-38-28)39-22(2)19-37-20-23-12-8-7-9-13-23/h6-15,22,26-29H,1,16-21H2,2-5H3,(H,33,36)/t22-,26-,27-,28+,29-/m0/s1. The topological polar surface area (TPSA) is 86.3 Å². The number of carbonyl (C=O) groups excluding carboxylic acids is 2. The van der Waals surface area contributed by atoms with Gasteiger partial charge in [-0.25, -0.2) is 4.79 Å². The van der Waals surface area contributed by atoms with E-state index in [1.54, 1.807) is 6.08 Å². The van der Waals surface area contributed by atoms with Crippen molar-refractivity contribution in [1.82, 2.24) is 10.2 Å². The molecule has 8 nitrogen and oxygen atoms in total. The molecule has 0 unspecified atom stereocenters. The summed E-state index contributed by atoms with van der Waals surface area (Å²) in [7, 11) is 0. The van der Waals surface area contributed by atoms with Gasteiger partial charge in [0.15, 0.2) is 0 Å². The van der Waals surface area contributed by atoms with Gasteiger partial charge in [0.2, 0.25) is 0 Å². The number of carbonyl (C=O) groups is 2. The van der Waals surface area contributed by atoms with E-state index in [0.29, 0.717) is 19.8 Å². The van der Waals surface area contributed by atoms with E-state index in [1.165, 1.54) is 5.56 Å². The second-order valence-electron chi connectivity index (χ2n) is 11.5. The van der Waals surface area contributed by atoms with Crippen LogP contribution in [0.1, 0.15) is 56.8 Å². The molecule has 0 aliphatic carbocycles. The highest BCUT2D eigenvalue weighted by Crippen LogP contribution is 2.32. The van der Waals surface area contributed by atoms with Crippen LogP contribution in [0.15, 0.2) is 67.3 Å². The molecule has 1 N–H and O–H groups in total. The Labute approximate surface area is 237 Å². The maximum absolute atomic E-state index is 13.7. The number of alkyl carbamates (subject to hydrolysis) is 1. The van der Waals surface area contributed by atoms with E-state index in [2.05, 4.69) is 18.0 Å². The minimum atomic E-state index is -0.725. The first kappa shape index (κ1) is 29.8. The fourth-order valence-corrected chi connectivity index (χ4v) is 5.23. The number of amides is 2. The van der Waals surface area contributed by atoms with Crippen LogP contribution in [-0.2, 0) is 36.8 Å². The van der Waals surface area contributed by atoms with Gasteiger partial charge >= 0.3 is 6.09 Å². The van der Waals surface area contributed by atoms with Crippen LogP contribution in [-0.4, -0.2) is 66.6 Å². The number of benzene rings is 2. The smallest absolute Gasteiger partial charge is 0.407 e. The largest absolute Gasteiger partial charge is 0.444 e. The summed E-state index contributed by atoms with van der Waals surface area (Å²) in [6.07, 6.45) is 0.839. The van der Waals surface area contributed by atoms with Gasteiger partial charge in [0.1, 0.15) is 17.8 Å². The quantitative estimate of drug-likeness (QED) is 0.444. The number of rotatable bonds is 9.